The van der Waals surface area contributed by atoms with E-state index in [2.05, 4.69) is 4.98 Å². The smallest absolute Gasteiger partial charge is 0.257 e. The number of methoxy groups -OCH3 is 2. The first-order chi connectivity index (χ1) is 7.77. The summed E-state index contributed by atoms with van der Waals surface area (Å²) in [5.41, 5.74) is 0.608. The molecule has 5 nitrogen and oxygen atoms in total. The molecule has 2 heterocycles. The summed E-state index contributed by atoms with van der Waals surface area (Å²) in [7, 11) is 3.06. The van der Waals surface area contributed by atoms with Crippen molar-refractivity contribution in [3.63, 3.8) is 0 Å². The van der Waals surface area contributed by atoms with Crippen molar-refractivity contribution in [1.29, 1.82) is 0 Å². The van der Waals surface area contributed by atoms with Crippen LogP contribution in [0.3, 0.4) is 0 Å². The molecule has 1 aliphatic heterocycles. The van der Waals surface area contributed by atoms with E-state index in [0.717, 1.165) is 0 Å². The van der Waals surface area contributed by atoms with Gasteiger partial charge in [0.15, 0.2) is 12.0 Å². The Morgan fingerprint density at radius 3 is 2.69 bits per heavy atom. The largest absolute Gasteiger partial charge is 0.484 e. The summed E-state index contributed by atoms with van der Waals surface area (Å²) >= 11 is 6.06. The first-order valence-corrected chi connectivity index (χ1v) is 5.15. The number of fused-ring (bicyclic) bond motifs is 1. The maximum atomic E-state index is 6.06. The van der Waals surface area contributed by atoms with Crippen LogP contribution in [0.1, 0.15) is 11.9 Å². The van der Waals surface area contributed by atoms with Gasteiger partial charge >= 0.3 is 0 Å². The van der Waals surface area contributed by atoms with Crippen LogP contribution in [-0.2, 0) is 9.47 Å². The molecule has 1 aliphatic rings. The zero-order chi connectivity index (χ0) is 11.5. The van der Waals surface area contributed by atoms with E-state index in [1.807, 2.05) is 0 Å². The van der Waals surface area contributed by atoms with Gasteiger partial charge in [-0.3, -0.25) is 0 Å². The average Bonchev–Trinajstić information content (AvgIpc) is 2.33. The Morgan fingerprint density at radius 2 is 2.00 bits per heavy atom. The molecule has 2 rings (SSSR count). The third-order valence-corrected chi connectivity index (χ3v) is 2.52. The molecular formula is C10H12ClNO4. The lowest BCUT2D eigenvalue weighted by Crippen LogP contribution is -2.19. The summed E-state index contributed by atoms with van der Waals surface area (Å²) in [4.78, 5) is 4.04. The van der Waals surface area contributed by atoms with Crippen LogP contribution >= 0.6 is 11.6 Å². The Bertz CT molecular complexity index is 381. The zero-order valence-electron chi connectivity index (χ0n) is 9.03. The number of hydrogen-bond acceptors (Lipinski definition) is 5. The van der Waals surface area contributed by atoms with Gasteiger partial charge in [0.1, 0.15) is 13.2 Å². The van der Waals surface area contributed by atoms with Crippen LogP contribution in [0.5, 0.6) is 11.6 Å². The molecule has 0 N–H and O–H groups in total. The van der Waals surface area contributed by atoms with Gasteiger partial charge in [0, 0.05) is 14.2 Å². The SMILES string of the molecule is COC(OC)c1c(Cl)cnc2c1OCCO2. The normalized spacial score (nSPS) is 14.2. The monoisotopic (exact) mass is 245 g/mol. The van der Waals surface area contributed by atoms with Gasteiger partial charge in [-0.15, -0.1) is 0 Å². The molecule has 0 aromatic carbocycles. The van der Waals surface area contributed by atoms with Crippen molar-refractivity contribution in [2.75, 3.05) is 27.4 Å². The van der Waals surface area contributed by atoms with Crippen LogP contribution in [-0.4, -0.2) is 32.4 Å². The highest BCUT2D eigenvalue weighted by molar-refractivity contribution is 6.31. The molecular weight excluding hydrogens is 234 g/mol. The predicted molar refractivity (Wildman–Crippen MR) is 57.0 cm³/mol. The van der Waals surface area contributed by atoms with E-state index in [1.165, 1.54) is 20.4 Å². The van der Waals surface area contributed by atoms with Crippen molar-refractivity contribution in [1.82, 2.24) is 4.98 Å². The molecule has 6 heteroatoms. The van der Waals surface area contributed by atoms with Crippen molar-refractivity contribution in [2.24, 2.45) is 0 Å². The number of aromatic nitrogens is 1. The fourth-order valence-electron chi connectivity index (χ4n) is 1.54. The summed E-state index contributed by atoms with van der Waals surface area (Å²) in [5.74, 6) is 0.914. The van der Waals surface area contributed by atoms with Gasteiger partial charge in [-0.05, 0) is 0 Å². The van der Waals surface area contributed by atoms with Crippen LogP contribution in [0.4, 0.5) is 0 Å². The van der Waals surface area contributed by atoms with Crippen molar-refractivity contribution < 1.29 is 18.9 Å². The molecule has 0 saturated heterocycles. The second-order valence-electron chi connectivity index (χ2n) is 3.15. The van der Waals surface area contributed by atoms with Crippen LogP contribution in [0, 0.1) is 0 Å². The van der Waals surface area contributed by atoms with Gasteiger partial charge in [-0.1, -0.05) is 11.6 Å². The molecule has 0 spiro atoms. The second kappa shape index (κ2) is 4.86. The molecule has 0 bridgehead atoms. The molecule has 0 saturated carbocycles. The highest BCUT2D eigenvalue weighted by Gasteiger charge is 2.26. The number of nitrogens with zero attached hydrogens (tertiary/aromatic N) is 1. The minimum atomic E-state index is -0.592. The molecule has 0 unspecified atom stereocenters. The molecule has 88 valence electrons. The van der Waals surface area contributed by atoms with Gasteiger partial charge in [0.25, 0.3) is 5.88 Å². The maximum absolute atomic E-state index is 6.06. The maximum Gasteiger partial charge on any atom is 0.257 e. The van der Waals surface area contributed by atoms with Crippen LogP contribution < -0.4 is 9.47 Å². The van der Waals surface area contributed by atoms with Gasteiger partial charge < -0.3 is 18.9 Å². The van der Waals surface area contributed by atoms with E-state index in [0.29, 0.717) is 35.4 Å². The lowest BCUT2D eigenvalue weighted by atomic mass is 10.2. The quantitative estimate of drug-likeness (QED) is 0.760. The first kappa shape index (κ1) is 11.4. The van der Waals surface area contributed by atoms with Crippen LogP contribution in [0.25, 0.3) is 0 Å². The Labute approximate surface area is 98.2 Å². The van der Waals surface area contributed by atoms with E-state index in [4.69, 9.17) is 30.5 Å². The van der Waals surface area contributed by atoms with Gasteiger partial charge in [0.2, 0.25) is 0 Å². The van der Waals surface area contributed by atoms with Crippen molar-refractivity contribution >= 4 is 11.6 Å². The lowest BCUT2D eigenvalue weighted by Gasteiger charge is -2.23. The minimum Gasteiger partial charge on any atom is -0.484 e. The van der Waals surface area contributed by atoms with E-state index in [9.17, 15) is 0 Å². The Morgan fingerprint density at radius 1 is 1.31 bits per heavy atom. The third kappa shape index (κ3) is 1.93. The van der Waals surface area contributed by atoms with E-state index in [1.54, 1.807) is 0 Å². The average molecular weight is 246 g/mol. The van der Waals surface area contributed by atoms with Gasteiger partial charge in [-0.2, -0.15) is 0 Å². The third-order valence-electron chi connectivity index (χ3n) is 2.22. The van der Waals surface area contributed by atoms with E-state index >= 15 is 0 Å². The fraction of sp³-hybridized carbons (Fsp3) is 0.500. The molecule has 1 aromatic rings. The molecule has 16 heavy (non-hydrogen) atoms. The zero-order valence-corrected chi connectivity index (χ0v) is 9.78. The van der Waals surface area contributed by atoms with Gasteiger partial charge in [-0.25, -0.2) is 4.98 Å². The predicted octanol–water partition coefficient (Wildman–Crippen LogP) is 1.80. The first-order valence-electron chi connectivity index (χ1n) is 4.77. The van der Waals surface area contributed by atoms with Crippen LogP contribution in [0.15, 0.2) is 6.20 Å². The molecule has 1 aromatic heterocycles. The van der Waals surface area contributed by atoms with Crippen molar-refractivity contribution in [3.05, 3.63) is 16.8 Å². The molecule has 0 aliphatic carbocycles. The Balaban J connectivity index is 2.48. The van der Waals surface area contributed by atoms with Crippen LogP contribution in [0.2, 0.25) is 5.02 Å². The summed E-state index contributed by atoms with van der Waals surface area (Å²) in [6.45, 7) is 0.938. The summed E-state index contributed by atoms with van der Waals surface area (Å²) in [6.07, 6.45) is 0.904. The fourth-order valence-corrected chi connectivity index (χ4v) is 1.77. The topological polar surface area (TPSA) is 49.8 Å². The highest BCUT2D eigenvalue weighted by Crippen LogP contribution is 2.40. The lowest BCUT2D eigenvalue weighted by molar-refractivity contribution is -0.107. The standard InChI is InChI=1S/C10H12ClNO4/c1-13-10(14-2)7-6(11)5-12-9-8(7)15-3-4-16-9/h5,10H,3-4H2,1-2H3. The Hall–Kier alpha value is -1.04. The number of pyridine rings is 1. The number of halogens is 1. The Kier molecular flexibility index (Phi) is 3.48. The van der Waals surface area contributed by atoms with Crippen molar-refractivity contribution in [2.45, 2.75) is 6.29 Å². The highest BCUT2D eigenvalue weighted by atomic mass is 35.5. The summed E-state index contributed by atoms with van der Waals surface area (Å²) in [6, 6.07) is 0. The number of rotatable bonds is 3. The van der Waals surface area contributed by atoms with Gasteiger partial charge in [0.05, 0.1) is 16.8 Å². The molecule has 0 fully saturated rings. The summed E-state index contributed by atoms with van der Waals surface area (Å²) < 4.78 is 21.2. The summed E-state index contributed by atoms with van der Waals surface area (Å²) in [5, 5.41) is 0.429. The second-order valence-corrected chi connectivity index (χ2v) is 3.56. The molecule has 0 amide bonds. The van der Waals surface area contributed by atoms with E-state index in [-0.39, 0.29) is 0 Å². The van der Waals surface area contributed by atoms with Crippen molar-refractivity contribution in [3.8, 4) is 11.6 Å². The minimum absolute atomic E-state index is 0.421. The molecule has 0 radical (unpaired) electrons. The van der Waals surface area contributed by atoms with E-state index < -0.39 is 6.29 Å². The molecule has 0 atom stereocenters. The number of ether oxygens (including phenoxy) is 4. The number of hydrogen-bond donors (Lipinski definition) is 0.